The van der Waals surface area contributed by atoms with Crippen LogP contribution in [0.1, 0.15) is 139 Å². The summed E-state index contributed by atoms with van der Waals surface area (Å²) in [4.78, 5) is 0. The highest BCUT2D eigenvalue weighted by molar-refractivity contribution is 4.51. The maximum Gasteiger partial charge on any atom is -0.0533 e. The largest absolute Gasteiger partial charge is 0.0683 e. The van der Waals surface area contributed by atoms with Crippen molar-refractivity contribution in [1.82, 2.24) is 0 Å². The average Bonchev–Trinajstić information content (AvgIpc) is 3.14. The fourth-order valence-corrected chi connectivity index (χ4v) is 1.94. The molecule has 0 unspecified atom stereocenters. The van der Waals surface area contributed by atoms with Gasteiger partial charge < -0.3 is 0 Å². The second-order valence-corrected chi connectivity index (χ2v) is 5.30. The second-order valence-electron chi connectivity index (χ2n) is 5.30. The summed E-state index contributed by atoms with van der Waals surface area (Å²) >= 11 is 0. The van der Waals surface area contributed by atoms with E-state index in [0.717, 1.165) is 0 Å². The third kappa shape index (κ3) is 53.6. The molecule has 0 amide bonds. The molecule has 0 heteroatoms. The van der Waals surface area contributed by atoms with Crippen LogP contribution in [0.25, 0.3) is 0 Å². The van der Waals surface area contributed by atoms with Crippen LogP contribution in [0.15, 0.2) is 0 Å². The highest BCUT2D eigenvalue weighted by Crippen LogP contribution is 2.15. The van der Waals surface area contributed by atoms with Crippen molar-refractivity contribution >= 4 is 0 Å². The van der Waals surface area contributed by atoms with Gasteiger partial charge >= 0.3 is 0 Å². The van der Waals surface area contributed by atoms with E-state index in [-0.39, 0.29) is 0 Å². The Morgan fingerprint density at radius 2 is 0.381 bits per heavy atom. The van der Waals surface area contributed by atoms with Gasteiger partial charge in [0.15, 0.2) is 0 Å². The van der Waals surface area contributed by atoms with Gasteiger partial charge in [0.1, 0.15) is 0 Å². The predicted octanol–water partition coefficient (Wildman–Crippen LogP) is 9.18. The second kappa shape index (κ2) is 42.7. The number of rotatable bonds is 0. The minimum atomic E-state index is 1.25. The third-order valence-corrected chi connectivity index (χ3v) is 2.75. The summed E-state index contributed by atoms with van der Waals surface area (Å²) in [6.45, 7) is 16.5. The Morgan fingerprint density at radius 1 is 0.333 bits per heavy atom. The molecule has 0 heterocycles. The van der Waals surface area contributed by atoms with Gasteiger partial charge in [0.05, 0.1) is 0 Å². The SMILES string of the molecule is C1CCCC1.C1CCCCC1.CC.CC.CCC.CCC. The van der Waals surface area contributed by atoms with E-state index in [9.17, 15) is 0 Å². The van der Waals surface area contributed by atoms with E-state index in [2.05, 4.69) is 27.7 Å². The van der Waals surface area contributed by atoms with Gasteiger partial charge in [-0.25, -0.2) is 0 Å². The van der Waals surface area contributed by atoms with E-state index in [1.165, 1.54) is 83.5 Å². The van der Waals surface area contributed by atoms with Crippen LogP contribution >= 0.6 is 0 Å². The zero-order chi connectivity index (χ0) is 17.2. The molecular formula is C21H50. The molecule has 0 spiro atoms. The maximum absolute atomic E-state index is 2.12. The Labute approximate surface area is 139 Å². The first-order valence-corrected chi connectivity index (χ1v) is 10.3. The predicted molar refractivity (Wildman–Crippen MR) is 105 cm³/mol. The molecule has 0 nitrogen and oxygen atoms in total. The lowest BCUT2D eigenvalue weighted by Gasteiger charge is -2.05. The van der Waals surface area contributed by atoms with Crippen molar-refractivity contribution in [1.29, 1.82) is 0 Å². The van der Waals surface area contributed by atoms with Crippen LogP contribution in [0.4, 0.5) is 0 Å². The molecule has 0 bridgehead atoms. The molecule has 0 saturated heterocycles. The van der Waals surface area contributed by atoms with Gasteiger partial charge in [0, 0.05) is 0 Å². The Hall–Kier alpha value is 0. The van der Waals surface area contributed by atoms with Gasteiger partial charge in [-0.1, -0.05) is 139 Å². The summed E-state index contributed by atoms with van der Waals surface area (Å²) in [6, 6.07) is 0. The van der Waals surface area contributed by atoms with Gasteiger partial charge in [-0.2, -0.15) is 0 Å². The van der Waals surface area contributed by atoms with E-state index < -0.39 is 0 Å². The van der Waals surface area contributed by atoms with Crippen LogP contribution in [0.2, 0.25) is 0 Å². The van der Waals surface area contributed by atoms with Gasteiger partial charge in [-0.3, -0.25) is 0 Å². The van der Waals surface area contributed by atoms with Gasteiger partial charge in [-0.15, -0.1) is 0 Å². The Morgan fingerprint density at radius 3 is 0.429 bits per heavy atom. The maximum atomic E-state index is 2.12. The molecule has 0 atom stereocenters. The van der Waals surface area contributed by atoms with E-state index in [1.54, 1.807) is 0 Å². The Kier molecular flexibility index (Phi) is 59.1. The molecule has 0 aromatic heterocycles. The van der Waals surface area contributed by atoms with Gasteiger partial charge in [-0.05, 0) is 0 Å². The van der Waals surface area contributed by atoms with Crippen LogP contribution in [-0.4, -0.2) is 0 Å². The summed E-state index contributed by atoms with van der Waals surface area (Å²) in [5.74, 6) is 0. The first kappa shape index (κ1) is 29.1. The molecule has 0 N–H and O–H groups in total. The monoisotopic (exact) mass is 302 g/mol. The molecule has 2 aliphatic rings. The summed E-state index contributed by atoms with van der Waals surface area (Å²) in [7, 11) is 0. The standard InChI is InChI=1S/C6H12.C5H10.2C3H8.2C2H6/c1-2-4-6-5-3-1;1-2-4-5-3-1;2*1-3-2;2*1-2/h1-6H2;1-5H2;2*3H2,1-2H3;2*1-2H3. The Bertz CT molecular complexity index is 67.1. The zero-order valence-corrected chi connectivity index (χ0v) is 17.2. The van der Waals surface area contributed by atoms with Crippen molar-refractivity contribution in [3.63, 3.8) is 0 Å². The summed E-state index contributed by atoms with van der Waals surface area (Å²) in [5.41, 5.74) is 0. The molecule has 0 aliphatic heterocycles. The average molecular weight is 303 g/mol. The molecule has 2 saturated carbocycles. The molecular weight excluding hydrogens is 252 g/mol. The van der Waals surface area contributed by atoms with Crippen molar-refractivity contribution in [2.75, 3.05) is 0 Å². The smallest absolute Gasteiger partial charge is 0.0533 e. The van der Waals surface area contributed by atoms with E-state index in [0.29, 0.717) is 0 Å². The number of hydrogen-bond acceptors (Lipinski definition) is 0. The normalized spacial score (nSPS) is 14.9. The molecule has 2 aliphatic carbocycles. The van der Waals surface area contributed by atoms with Crippen molar-refractivity contribution in [3.8, 4) is 0 Å². The van der Waals surface area contributed by atoms with Gasteiger partial charge in [0.25, 0.3) is 0 Å². The first-order valence-electron chi connectivity index (χ1n) is 10.3. The molecule has 2 fully saturated rings. The molecule has 0 radical (unpaired) electrons. The first-order chi connectivity index (χ1) is 10.3. The highest BCUT2D eigenvalue weighted by atomic mass is 14.0. The number of hydrogen-bond donors (Lipinski definition) is 0. The van der Waals surface area contributed by atoms with Crippen molar-refractivity contribution in [3.05, 3.63) is 0 Å². The third-order valence-electron chi connectivity index (χ3n) is 2.75. The minimum absolute atomic E-state index is 1.25. The van der Waals surface area contributed by atoms with Crippen LogP contribution in [0.3, 0.4) is 0 Å². The molecule has 0 aromatic carbocycles. The quantitative estimate of drug-likeness (QED) is 0.418. The van der Waals surface area contributed by atoms with Crippen LogP contribution in [0.5, 0.6) is 0 Å². The van der Waals surface area contributed by atoms with Crippen molar-refractivity contribution in [2.24, 2.45) is 0 Å². The van der Waals surface area contributed by atoms with E-state index >= 15 is 0 Å². The zero-order valence-electron chi connectivity index (χ0n) is 17.2. The van der Waals surface area contributed by atoms with Crippen LogP contribution in [0, 0.1) is 0 Å². The van der Waals surface area contributed by atoms with Crippen LogP contribution in [-0.2, 0) is 0 Å². The van der Waals surface area contributed by atoms with Crippen LogP contribution < -0.4 is 0 Å². The minimum Gasteiger partial charge on any atom is -0.0683 e. The fraction of sp³-hybridized carbons (Fsp3) is 1.00. The molecule has 0 aromatic rings. The Balaban J connectivity index is -0.0000000884. The lowest BCUT2D eigenvalue weighted by atomic mass is 10.0. The summed E-state index contributed by atoms with van der Waals surface area (Å²) in [6.07, 6.45) is 19.0. The lowest BCUT2D eigenvalue weighted by Crippen LogP contribution is -1.85. The molecule has 21 heavy (non-hydrogen) atoms. The molecule has 134 valence electrons. The van der Waals surface area contributed by atoms with E-state index in [1.807, 2.05) is 27.7 Å². The fourth-order valence-electron chi connectivity index (χ4n) is 1.94. The topological polar surface area (TPSA) is 0 Å². The van der Waals surface area contributed by atoms with Crippen molar-refractivity contribution in [2.45, 2.75) is 139 Å². The van der Waals surface area contributed by atoms with E-state index in [4.69, 9.17) is 0 Å². The summed E-state index contributed by atoms with van der Waals surface area (Å²) in [5, 5.41) is 0. The molecule has 2 rings (SSSR count). The van der Waals surface area contributed by atoms with Gasteiger partial charge in [0.2, 0.25) is 0 Å². The lowest BCUT2D eigenvalue weighted by molar-refractivity contribution is 0.504. The highest BCUT2D eigenvalue weighted by Gasteiger charge is 1.95. The summed E-state index contributed by atoms with van der Waals surface area (Å²) < 4.78 is 0. The van der Waals surface area contributed by atoms with Crippen molar-refractivity contribution < 1.29 is 0 Å².